The average Bonchev–Trinajstić information content (AvgIpc) is 2.60. The summed E-state index contributed by atoms with van der Waals surface area (Å²) in [5.74, 6) is -0.612. The van der Waals surface area contributed by atoms with Crippen molar-refractivity contribution in [2.75, 3.05) is 11.9 Å². The Morgan fingerprint density at radius 2 is 1.73 bits per heavy atom. The van der Waals surface area contributed by atoms with Gasteiger partial charge >= 0.3 is 5.97 Å². The molecule has 1 atom stereocenters. The monoisotopic (exact) mass is 364 g/mol. The summed E-state index contributed by atoms with van der Waals surface area (Å²) in [4.78, 5) is 22.8. The summed E-state index contributed by atoms with van der Waals surface area (Å²) < 4.78 is 5.70. The van der Waals surface area contributed by atoms with Gasteiger partial charge < -0.3 is 20.9 Å². The Morgan fingerprint density at radius 1 is 1.12 bits per heavy atom. The van der Waals surface area contributed by atoms with Gasteiger partial charge in [0.05, 0.1) is 12.1 Å². The van der Waals surface area contributed by atoms with Crippen LogP contribution in [0.25, 0.3) is 0 Å². The molecule has 0 saturated carbocycles. The van der Waals surface area contributed by atoms with Crippen molar-refractivity contribution in [2.24, 2.45) is 5.73 Å². The number of amides is 1. The predicted molar refractivity (Wildman–Crippen MR) is 103 cm³/mol. The molecule has 0 saturated heterocycles. The molecule has 0 aliphatic rings. The van der Waals surface area contributed by atoms with Gasteiger partial charge in [0.25, 0.3) is 0 Å². The molecule has 0 aliphatic heterocycles. The molecule has 0 fully saturated rings. The van der Waals surface area contributed by atoms with Gasteiger partial charge in [-0.25, -0.2) is 0 Å². The Bertz CT molecular complexity index is 555. The Labute approximate surface area is 156 Å². The first-order valence-electron chi connectivity index (χ1n) is 9.40. The Hall–Kier alpha value is -2.08. The molecule has 1 rings (SSSR count). The number of nitrogens with two attached hydrogens (primary N) is 1. The lowest BCUT2D eigenvalue weighted by Gasteiger charge is -2.22. The van der Waals surface area contributed by atoms with E-state index in [1.165, 1.54) is 39.0 Å². The van der Waals surface area contributed by atoms with Gasteiger partial charge in [-0.15, -0.1) is 0 Å². The van der Waals surface area contributed by atoms with E-state index in [2.05, 4.69) is 12.2 Å². The van der Waals surface area contributed by atoms with Crippen molar-refractivity contribution < 1.29 is 19.4 Å². The second-order valence-corrected chi connectivity index (χ2v) is 6.91. The molecule has 26 heavy (non-hydrogen) atoms. The SMILES string of the molecule is CCCCCCCCOc1ccc(NC(=O)C(C)(N)CCC(=O)O)cc1. The van der Waals surface area contributed by atoms with Gasteiger partial charge in [0.1, 0.15) is 5.75 Å². The van der Waals surface area contributed by atoms with Crippen LogP contribution in [0.4, 0.5) is 5.69 Å². The predicted octanol–water partition coefficient (Wildman–Crippen LogP) is 3.95. The van der Waals surface area contributed by atoms with E-state index in [0.717, 1.165) is 12.2 Å². The van der Waals surface area contributed by atoms with Crippen LogP contribution in [0.2, 0.25) is 0 Å². The second-order valence-electron chi connectivity index (χ2n) is 6.91. The van der Waals surface area contributed by atoms with Crippen LogP contribution in [0, 0.1) is 0 Å². The summed E-state index contributed by atoms with van der Waals surface area (Å²) in [6, 6.07) is 7.11. The Kier molecular flexibility index (Phi) is 9.73. The van der Waals surface area contributed by atoms with Crippen LogP contribution >= 0.6 is 0 Å². The summed E-state index contributed by atoms with van der Waals surface area (Å²) >= 11 is 0. The van der Waals surface area contributed by atoms with Crippen molar-refractivity contribution in [1.82, 2.24) is 0 Å². The van der Waals surface area contributed by atoms with Crippen LogP contribution in [0.5, 0.6) is 5.75 Å². The lowest BCUT2D eigenvalue weighted by atomic mass is 9.96. The van der Waals surface area contributed by atoms with Crippen LogP contribution < -0.4 is 15.8 Å². The highest BCUT2D eigenvalue weighted by Crippen LogP contribution is 2.18. The van der Waals surface area contributed by atoms with Crippen LogP contribution in [-0.4, -0.2) is 29.1 Å². The molecular weight excluding hydrogens is 332 g/mol. The molecule has 0 heterocycles. The lowest BCUT2D eigenvalue weighted by molar-refractivity contribution is -0.137. The van der Waals surface area contributed by atoms with E-state index in [4.69, 9.17) is 15.6 Å². The standard InChI is InChI=1S/C20H32N2O4/c1-3-4-5-6-7-8-15-26-17-11-9-16(10-12-17)22-19(25)20(2,21)14-13-18(23)24/h9-12H,3-8,13-15,21H2,1-2H3,(H,22,25)(H,23,24). The van der Waals surface area contributed by atoms with E-state index in [-0.39, 0.29) is 12.8 Å². The fraction of sp³-hybridized carbons (Fsp3) is 0.600. The zero-order valence-electron chi connectivity index (χ0n) is 15.9. The maximum absolute atomic E-state index is 12.2. The highest BCUT2D eigenvalue weighted by atomic mass is 16.5. The molecular formula is C20H32N2O4. The molecule has 0 aliphatic carbocycles. The molecule has 6 nitrogen and oxygen atoms in total. The number of aliphatic carboxylic acids is 1. The van der Waals surface area contributed by atoms with Crippen LogP contribution in [0.15, 0.2) is 24.3 Å². The molecule has 6 heteroatoms. The van der Waals surface area contributed by atoms with E-state index < -0.39 is 17.4 Å². The number of carbonyl (C=O) groups is 2. The second kappa shape index (κ2) is 11.5. The number of carbonyl (C=O) groups excluding carboxylic acids is 1. The summed E-state index contributed by atoms with van der Waals surface area (Å²) in [6.45, 7) is 4.43. The number of anilines is 1. The number of hydrogen-bond acceptors (Lipinski definition) is 4. The quantitative estimate of drug-likeness (QED) is 0.460. The zero-order valence-corrected chi connectivity index (χ0v) is 15.9. The van der Waals surface area contributed by atoms with E-state index in [1.54, 1.807) is 24.3 Å². The minimum absolute atomic E-state index is 0.0770. The van der Waals surface area contributed by atoms with Crippen molar-refractivity contribution >= 4 is 17.6 Å². The van der Waals surface area contributed by atoms with Gasteiger partial charge in [-0.2, -0.15) is 0 Å². The van der Waals surface area contributed by atoms with Crippen LogP contribution in [0.1, 0.15) is 65.2 Å². The Balaban J connectivity index is 2.35. The van der Waals surface area contributed by atoms with E-state index >= 15 is 0 Å². The van der Waals surface area contributed by atoms with Crippen molar-refractivity contribution in [3.63, 3.8) is 0 Å². The van der Waals surface area contributed by atoms with Crippen molar-refractivity contribution in [1.29, 1.82) is 0 Å². The fourth-order valence-electron chi connectivity index (χ4n) is 2.46. The molecule has 0 aromatic heterocycles. The third-order valence-electron chi connectivity index (χ3n) is 4.26. The average molecular weight is 364 g/mol. The van der Waals surface area contributed by atoms with Crippen LogP contribution in [0.3, 0.4) is 0 Å². The number of unbranched alkanes of at least 4 members (excludes halogenated alkanes) is 5. The topological polar surface area (TPSA) is 102 Å². The molecule has 0 radical (unpaired) electrons. The number of hydrogen-bond donors (Lipinski definition) is 3. The number of benzene rings is 1. The largest absolute Gasteiger partial charge is 0.494 e. The summed E-state index contributed by atoms with van der Waals surface area (Å²) in [6.07, 6.45) is 7.24. The normalized spacial score (nSPS) is 13.0. The molecule has 1 amide bonds. The van der Waals surface area contributed by atoms with Gasteiger partial charge in [-0.1, -0.05) is 39.0 Å². The van der Waals surface area contributed by atoms with Gasteiger partial charge in [0.2, 0.25) is 5.91 Å². The maximum atomic E-state index is 12.2. The molecule has 0 spiro atoms. The third-order valence-corrected chi connectivity index (χ3v) is 4.26. The van der Waals surface area contributed by atoms with E-state index in [0.29, 0.717) is 12.3 Å². The van der Waals surface area contributed by atoms with Crippen LogP contribution in [-0.2, 0) is 9.59 Å². The van der Waals surface area contributed by atoms with Crippen molar-refractivity contribution in [2.45, 2.75) is 70.8 Å². The van der Waals surface area contributed by atoms with Gasteiger partial charge in [-0.05, 0) is 44.0 Å². The zero-order chi connectivity index (χ0) is 19.4. The molecule has 146 valence electrons. The minimum atomic E-state index is -1.23. The van der Waals surface area contributed by atoms with Gasteiger partial charge in [0.15, 0.2) is 0 Å². The van der Waals surface area contributed by atoms with E-state index in [1.807, 2.05) is 0 Å². The first kappa shape index (κ1) is 22.0. The maximum Gasteiger partial charge on any atom is 0.303 e. The molecule has 1 unspecified atom stereocenters. The molecule has 1 aromatic rings. The minimum Gasteiger partial charge on any atom is -0.494 e. The van der Waals surface area contributed by atoms with Gasteiger partial charge in [0, 0.05) is 12.1 Å². The Morgan fingerprint density at radius 3 is 2.35 bits per heavy atom. The number of carboxylic acid groups (broad SMARTS) is 1. The summed E-state index contributed by atoms with van der Waals surface area (Å²) in [5, 5.41) is 11.4. The highest BCUT2D eigenvalue weighted by molar-refractivity contribution is 5.97. The van der Waals surface area contributed by atoms with Gasteiger partial charge in [-0.3, -0.25) is 9.59 Å². The number of rotatable bonds is 13. The first-order chi connectivity index (χ1) is 12.3. The molecule has 0 bridgehead atoms. The first-order valence-corrected chi connectivity index (χ1v) is 9.40. The number of ether oxygens (including phenoxy) is 1. The summed E-state index contributed by atoms with van der Waals surface area (Å²) in [7, 11) is 0. The number of nitrogens with one attached hydrogen (secondary N) is 1. The molecule has 4 N–H and O–H groups in total. The van der Waals surface area contributed by atoms with Crippen molar-refractivity contribution in [3.05, 3.63) is 24.3 Å². The fourth-order valence-corrected chi connectivity index (χ4v) is 2.46. The van der Waals surface area contributed by atoms with Crippen molar-refractivity contribution in [3.8, 4) is 5.75 Å². The molecule has 1 aromatic carbocycles. The lowest BCUT2D eigenvalue weighted by Crippen LogP contribution is -2.48. The smallest absolute Gasteiger partial charge is 0.303 e. The number of carboxylic acids is 1. The highest BCUT2D eigenvalue weighted by Gasteiger charge is 2.28. The van der Waals surface area contributed by atoms with E-state index in [9.17, 15) is 9.59 Å². The third kappa shape index (κ3) is 8.85. The summed E-state index contributed by atoms with van der Waals surface area (Å²) in [5.41, 5.74) is 5.29.